The number of aliphatic hydroxyl groups is 1. The molecular weight excluding hydrogens is 194 g/mol. The number of ether oxygens (including phenoxy) is 1. The largest absolute Gasteiger partial charge is 0.393 e. The zero-order valence-electron chi connectivity index (χ0n) is 9.39. The highest BCUT2D eigenvalue weighted by Crippen LogP contribution is 2.45. The van der Waals surface area contributed by atoms with E-state index in [1.165, 1.54) is 0 Å². The van der Waals surface area contributed by atoms with Crippen LogP contribution in [0.4, 0.5) is 0 Å². The third-order valence-electron chi connectivity index (χ3n) is 3.17. The van der Waals surface area contributed by atoms with Gasteiger partial charge in [-0.15, -0.1) is 0 Å². The van der Waals surface area contributed by atoms with Crippen LogP contribution >= 0.6 is 0 Å². The minimum absolute atomic E-state index is 0.0677. The van der Waals surface area contributed by atoms with E-state index >= 15 is 0 Å². The SMILES string of the molecule is CC[C@H](C)[C@@H]1O[C@]1(CO)CCCN=[N+]=[N-]. The molecule has 0 aromatic rings. The average Bonchev–Trinajstić information content (AvgIpc) is 2.99. The Labute approximate surface area is 90.1 Å². The van der Waals surface area contributed by atoms with Crippen LogP contribution in [0.5, 0.6) is 0 Å². The van der Waals surface area contributed by atoms with Gasteiger partial charge in [0.2, 0.25) is 0 Å². The molecule has 0 radical (unpaired) electrons. The maximum Gasteiger partial charge on any atom is 0.118 e. The van der Waals surface area contributed by atoms with Crippen LogP contribution in [0.1, 0.15) is 33.1 Å². The summed E-state index contributed by atoms with van der Waals surface area (Å²) in [7, 11) is 0. The normalized spacial score (nSPS) is 30.7. The fourth-order valence-corrected chi connectivity index (χ4v) is 1.97. The Morgan fingerprint density at radius 1 is 1.67 bits per heavy atom. The van der Waals surface area contributed by atoms with Crippen molar-refractivity contribution in [3.63, 3.8) is 0 Å². The van der Waals surface area contributed by atoms with Gasteiger partial charge in [0.1, 0.15) is 5.60 Å². The average molecular weight is 213 g/mol. The summed E-state index contributed by atoms with van der Waals surface area (Å²) >= 11 is 0. The number of hydrogen-bond acceptors (Lipinski definition) is 3. The minimum Gasteiger partial charge on any atom is -0.393 e. The number of aliphatic hydroxyl groups excluding tert-OH is 1. The Kier molecular flexibility index (Phi) is 4.39. The van der Waals surface area contributed by atoms with Crippen molar-refractivity contribution in [2.75, 3.05) is 13.2 Å². The zero-order valence-corrected chi connectivity index (χ0v) is 9.39. The van der Waals surface area contributed by atoms with Crippen LogP contribution in [0.2, 0.25) is 0 Å². The van der Waals surface area contributed by atoms with E-state index in [1.807, 2.05) is 0 Å². The first-order valence-corrected chi connectivity index (χ1v) is 5.49. The first kappa shape index (κ1) is 12.3. The van der Waals surface area contributed by atoms with Crippen LogP contribution in [0.3, 0.4) is 0 Å². The van der Waals surface area contributed by atoms with Gasteiger partial charge in [0.25, 0.3) is 0 Å². The quantitative estimate of drug-likeness (QED) is 0.231. The predicted octanol–water partition coefficient (Wildman–Crippen LogP) is 2.25. The first-order valence-electron chi connectivity index (χ1n) is 5.49. The lowest BCUT2D eigenvalue weighted by Crippen LogP contribution is -2.24. The van der Waals surface area contributed by atoms with Gasteiger partial charge in [-0.05, 0) is 24.3 Å². The van der Waals surface area contributed by atoms with Crippen molar-refractivity contribution in [2.24, 2.45) is 11.0 Å². The molecule has 0 aromatic carbocycles. The van der Waals surface area contributed by atoms with Gasteiger partial charge < -0.3 is 9.84 Å². The second kappa shape index (κ2) is 5.35. The van der Waals surface area contributed by atoms with Gasteiger partial charge in [0.05, 0.1) is 12.7 Å². The molecule has 0 aliphatic carbocycles. The van der Waals surface area contributed by atoms with E-state index in [0.29, 0.717) is 12.5 Å². The van der Waals surface area contributed by atoms with Crippen LogP contribution in [-0.2, 0) is 4.74 Å². The molecular formula is C10H19N3O2. The molecule has 1 aliphatic rings. The van der Waals surface area contributed by atoms with Crippen molar-refractivity contribution in [3.05, 3.63) is 10.4 Å². The summed E-state index contributed by atoms with van der Waals surface area (Å²) in [5.41, 5.74) is 7.78. The first-order chi connectivity index (χ1) is 7.20. The molecule has 0 bridgehead atoms. The number of nitrogens with zero attached hydrogens (tertiary/aromatic N) is 3. The maximum absolute atomic E-state index is 9.30. The molecule has 0 saturated carbocycles. The Bertz CT molecular complexity index is 253. The molecule has 1 fully saturated rings. The number of hydrogen-bond donors (Lipinski definition) is 1. The summed E-state index contributed by atoms with van der Waals surface area (Å²) in [4.78, 5) is 2.69. The van der Waals surface area contributed by atoms with E-state index in [1.54, 1.807) is 0 Å². The van der Waals surface area contributed by atoms with E-state index < -0.39 is 0 Å². The highest BCUT2D eigenvalue weighted by atomic mass is 16.6. The van der Waals surface area contributed by atoms with Gasteiger partial charge in [-0.3, -0.25) is 0 Å². The molecule has 1 aliphatic heterocycles. The summed E-state index contributed by atoms with van der Waals surface area (Å²) in [6.45, 7) is 4.80. The second-order valence-corrected chi connectivity index (χ2v) is 4.20. The lowest BCUT2D eigenvalue weighted by Gasteiger charge is -2.11. The second-order valence-electron chi connectivity index (χ2n) is 4.20. The van der Waals surface area contributed by atoms with Gasteiger partial charge in [-0.25, -0.2) is 0 Å². The van der Waals surface area contributed by atoms with E-state index in [4.69, 9.17) is 10.3 Å². The molecule has 1 saturated heterocycles. The molecule has 1 rings (SSSR count). The Morgan fingerprint density at radius 3 is 2.93 bits per heavy atom. The highest BCUT2D eigenvalue weighted by molar-refractivity contribution is 5.04. The lowest BCUT2D eigenvalue weighted by molar-refractivity contribution is 0.162. The predicted molar refractivity (Wildman–Crippen MR) is 57.4 cm³/mol. The lowest BCUT2D eigenvalue weighted by atomic mass is 9.91. The molecule has 1 heterocycles. The van der Waals surface area contributed by atoms with Crippen molar-refractivity contribution < 1.29 is 9.84 Å². The van der Waals surface area contributed by atoms with Crippen molar-refractivity contribution >= 4 is 0 Å². The molecule has 1 N–H and O–H groups in total. The molecule has 0 aromatic heterocycles. The zero-order chi connectivity index (χ0) is 11.3. The Morgan fingerprint density at radius 2 is 2.40 bits per heavy atom. The monoisotopic (exact) mass is 213 g/mol. The van der Waals surface area contributed by atoms with E-state index in [0.717, 1.165) is 19.3 Å². The summed E-state index contributed by atoms with van der Waals surface area (Å²) in [5, 5.41) is 12.8. The fourth-order valence-electron chi connectivity index (χ4n) is 1.97. The van der Waals surface area contributed by atoms with Crippen LogP contribution in [0.15, 0.2) is 5.11 Å². The summed E-state index contributed by atoms with van der Waals surface area (Å²) < 4.78 is 5.60. The van der Waals surface area contributed by atoms with Gasteiger partial charge in [0, 0.05) is 11.5 Å². The van der Waals surface area contributed by atoms with Crippen molar-refractivity contribution in [3.8, 4) is 0 Å². The van der Waals surface area contributed by atoms with E-state index in [-0.39, 0.29) is 18.3 Å². The van der Waals surface area contributed by atoms with E-state index in [9.17, 15) is 5.11 Å². The van der Waals surface area contributed by atoms with Crippen molar-refractivity contribution in [1.82, 2.24) is 0 Å². The molecule has 5 nitrogen and oxygen atoms in total. The third-order valence-corrected chi connectivity index (χ3v) is 3.17. The molecule has 0 unspecified atom stereocenters. The van der Waals surface area contributed by atoms with Gasteiger partial charge in [0.15, 0.2) is 0 Å². The van der Waals surface area contributed by atoms with Crippen molar-refractivity contribution in [1.29, 1.82) is 0 Å². The molecule has 15 heavy (non-hydrogen) atoms. The van der Waals surface area contributed by atoms with Gasteiger partial charge in [-0.1, -0.05) is 25.4 Å². The highest BCUT2D eigenvalue weighted by Gasteiger charge is 2.56. The minimum atomic E-state index is -0.347. The molecule has 0 spiro atoms. The Balaban J connectivity index is 2.34. The van der Waals surface area contributed by atoms with Crippen LogP contribution in [0, 0.1) is 5.92 Å². The standard InChI is InChI=1S/C10H19N3O2/c1-3-8(2)9-10(7-14,15-9)5-4-6-12-13-11/h8-9,14H,3-7H2,1-2H3/t8-,9-,10-/m0/s1. The number of rotatable bonds is 7. The third kappa shape index (κ3) is 2.84. The smallest absolute Gasteiger partial charge is 0.118 e. The van der Waals surface area contributed by atoms with Crippen LogP contribution in [0.25, 0.3) is 10.4 Å². The van der Waals surface area contributed by atoms with Crippen molar-refractivity contribution in [2.45, 2.75) is 44.8 Å². The number of epoxide rings is 1. The summed E-state index contributed by atoms with van der Waals surface area (Å²) in [5.74, 6) is 0.483. The molecule has 86 valence electrons. The van der Waals surface area contributed by atoms with Crippen LogP contribution in [-0.4, -0.2) is 30.0 Å². The van der Waals surface area contributed by atoms with E-state index in [2.05, 4.69) is 23.9 Å². The topological polar surface area (TPSA) is 81.5 Å². The van der Waals surface area contributed by atoms with Crippen LogP contribution < -0.4 is 0 Å². The summed E-state index contributed by atoms with van der Waals surface area (Å²) in [6.07, 6.45) is 2.79. The van der Waals surface area contributed by atoms with Gasteiger partial charge in [-0.2, -0.15) is 0 Å². The molecule has 5 heteroatoms. The molecule has 0 amide bonds. The fraction of sp³-hybridized carbons (Fsp3) is 1.00. The summed E-state index contributed by atoms with van der Waals surface area (Å²) in [6, 6.07) is 0. The molecule has 3 atom stereocenters. The van der Waals surface area contributed by atoms with Gasteiger partial charge >= 0.3 is 0 Å². The Hall–Kier alpha value is -0.770. The number of azide groups is 1. The maximum atomic E-state index is 9.30.